The van der Waals surface area contributed by atoms with Gasteiger partial charge in [0.2, 0.25) is 10.0 Å². The molecule has 1 saturated heterocycles. The molecular formula is C23H25F3N2O5S. The van der Waals surface area contributed by atoms with Crippen molar-refractivity contribution in [3.8, 4) is 5.75 Å². The van der Waals surface area contributed by atoms with Crippen LogP contribution in [-0.4, -0.2) is 55.3 Å². The number of rotatable bonds is 5. The van der Waals surface area contributed by atoms with Gasteiger partial charge >= 0.3 is 12.3 Å². The van der Waals surface area contributed by atoms with Crippen LogP contribution in [0.4, 0.5) is 18.9 Å². The number of sulfonamides is 1. The number of anilines is 1. The van der Waals surface area contributed by atoms with E-state index in [-0.39, 0.29) is 30.2 Å². The summed E-state index contributed by atoms with van der Waals surface area (Å²) in [6.07, 6.45) is -4.35. The summed E-state index contributed by atoms with van der Waals surface area (Å²) in [5, 5.41) is 9.39. The van der Waals surface area contributed by atoms with Crippen molar-refractivity contribution in [2.45, 2.75) is 50.0 Å². The molecule has 4 rings (SSSR count). The van der Waals surface area contributed by atoms with E-state index in [9.17, 15) is 31.5 Å². The SMILES string of the molecule is C[C@@H]1CN(c2cccc(OC(F)(F)F)c2)C[C@H](C)N1S(=O)(=O)c1cccc2c1CC(C(=O)O)C2. The number of nitrogens with zero attached hydrogens (tertiary/aromatic N) is 2. The molecule has 0 aromatic heterocycles. The maximum absolute atomic E-state index is 13.7. The van der Waals surface area contributed by atoms with Crippen LogP contribution in [0.2, 0.25) is 0 Å². The average molecular weight is 499 g/mol. The molecule has 0 saturated carbocycles. The molecule has 2 aromatic rings. The van der Waals surface area contributed by atoms with Crippen molar-refractivity contribution in [1.82, 2.24) is 4.31 Å². The quantitative estimate of drug-likeness (QED) is 0.677. The van der Waals surface area contributed by atoms with E-state index in [0.717, 1.165) is 5.56 Å². The highest BCUT2D eigenvalue weighted by molar-refractivity contribution is 7.89. The van der Waals surface area contributed by atoms with Crippen LogP contribution < -0.4 is 9.64 Å². The van der Waals surface area contributed by atoms with E-state index in [4.69, 9.17) is 0 Å². The second kappa shape index (κ2) is 8.77. The number of fused-ring (bicyclic) bond motifs is 1. The van der Waals surface area contributed by atoms with Gasteiger partial charge in [-0.2, -0.15) is 4.31 Å². The van der Waals surface area contributed by atoms with Gasteiger partial charge in [0, 0.05) is 36.9 Å². The van der Waals surface area contributed by atoms with Gasteiger partial charge in [-0.1, -0.05) is 18.2 Å². The highest BCUT2D eigenvalue weighted by Gasteiger charge is 2.41. The van der Waals surface area contributed by atoms with E-state index in [1.807, 2.05) is 4.90 Å². The Morgan fingerprint density at radius 2 is 1.71 bits per heavy atom. The van der Waals surface area contributed by atoms with Crippen LogP contribution >= 0.6 is 0 Å². The number of benzene rings is 2. The van der Waals surface area contributed by atoms with Crippen molar-refractivity contribution in [2.24, 2.45) is 5.92 Å². The van der Waals surface area contributed by atoms with Crippen molar-refractivity contribution in [3.05, 3.63) is 53.6 Å². The van der Waals surface area contributed by atoms with Crippen molar-refractivity contribution < 1.29 is 36.2 Å². The van der Waals surface area contributed by atoms with Gasteiger partial charge in [-0.15, -0.1) is 13.2 Å². The maximum Gasteiger partial charge on any atom is 0.573 e. The molecule has 34 heavy (non-hydrogen) atoms. The minimum atomic E-state index is -4.80. The van der Waals surface area contributed by atoms with E-state index in [0.29, 0.717) is 17.7 Å². The van der Waals surface area contributed by atoms with Crippen molar-refractivity contribution in [3.63, 3.8) is 0 Å². The molecule has 0 bridgehead atoms. The fraction of sp³-hybridized carbons (Fsp3) is 0.435. The monoisotopic (exact) mass is 498 g/mol. The first kappa shape index (κ1) is 24.3. The van der Waals surface area contributed by atoms with E-state index in [1.54, 1.807) is 32.0 Å². The largest absolute Gasteiger partial charge is 0.573 e. The summed E-state index contributed by atoms with van der Waals surface area (Å²) in [7, 11) is -3.93. The summed E-state index contributed by atoms with van der Waals surface area (Å²) in [5.74, 6) is -1.94. The Morgan fingerprint density at radius 1 is 1.06 bits per heavy atom. The third kappa shape index (κ3) is 4.72. The Kier molecular flexibility index (Phi) is 6.28. The summed E-state index contributed by atoms with van der Waals surface area (Å²) < 4.78 is 70.7. The first-order chi connectivity index (χ1) is 15.9. The summed E-state index contributed by atoms with van der Waals surface area (Å²) in [6.45, 7) is 4.04. The third-order valence-corrected chi connectivity index (χ3v) is 8.52. The van der Waals surface area contributed by atoms with Gasteiger partial charge in [0.25, 0.3) is 0 Å². The maximum atomic E-state index is 13.7. The Morgan fingerprint density at radius 3 is 2.32 bits per heavy atom. The molecular weight excluding hydrogens is 473 g/mol. The molecule has 1 unspecified atom stereocenters. The number of carboxylic acids is 1. The normalized spacial score (nSPS) is 23.6. The molecule has 1 aliphatic heterocycles. The Balaban J connectivity index is 1.58. The number of hydrogen-bond donors (Lipinski definition) is 1. The number of hydrogen-bond acceptors (Lipinski definition) is 5. The highest BCUT2D eigenvalue weighted by atomic mass is 32.2. The summed E-state index contributed by atoms with van der Waals surface area (Å²) in [4.78, 5) is 13.4. The van der Waals surface area contributed by atoms with Gasteiger partial charge in [0.1, 0.15) is 5.75 Å². The number of carbonyl (C=O) groups is 1. The zero-order valence-corrected chi connectivity index (χ0v) is 19.4. The van der Waals surface area contributed by atoms with E-state index in [2.05, 4.69) is 4.74 Å². The van der Waals surface area contributed by atoms with Crippen LogP contribution in [0, 0.1) is 5.92 Å². The van der Waals surface area contributed by atoms with E-state index >= 15 is 0 Å². The second-order valence-electron chi connectivity index (χ2n) is 8.82. The molecule has 184 valence electrons. The lowest BCUT2D eigenvalue weighted by atomic mass is 10.1. The van der Waals surface area contributed by atoms with Gasteiger partial charge in [0.05, 0.1) is 10.8 Å². The van der Waals surface area contributed by atoms with Gasteiger partial charge in [-0.05, 0) is 56.0 Å². The molecule has 1 aliphatic carbocycles. The van der Waals surface area contributed by atoms with Gasteiger partial charge in [-0.3, -0.25) is 4.79 Å². The number of ether oxygens (including phenoxy) is 1. The molecule has 2 aliphatic rings. The van der Waals surface area contributed by atoms with Gasteiger partial charge < -0.3 is 14.7 Å². The zero-order valence-electron chi connectivity index (χ0n) is 18.6. The molecule has 3 atom stereocenters. The van der Waals surface area contributed by atoms with Crippen LogP contribution in [0.15, 0.2) is 47.4 Å². The first-order valence-corrected chi connectivity index (χ1v) is 12.3. The standard InChI is InChI=1S/C23H25F3N2O5S/c1-14-12-27(18-6-4-7-19(11-18)33-23(24,25)26)13-15(2)28(14)34(31,32)21-8-3-5-16-9-17(22(29)30)10-20(16)21/h3-8,11,14-15,17H,9-10,12-13H2,1-2H3,(H,29,30)/t14-,15+,17?. The lowest BCUT2D eigenvalue weighted by molar-refractivity contribution is -0.274. The van der Waals surface area contributed by atoms with Crippen LogP contribution in [0.3, 0.4) is 0 Å². The highest BCUT2D eigenvalue weighted by Crippen LogP contribution is 2.36. The van der Waals surface area contributed by atoms with Gasteiger partial charge in [0.15, 0.2) is 0 Å². The van der Waals surface area contributed by atoms with Crippen LogP contribution in [0.1, 0.15) is 25.0 Å². The number of alkyl halides is 3. The Bertz CT molecular complexity index is 1190. The van der Waals surface area contributed by atoms with E-state index < -0.39 is 40.4 Å². The number of carboxylic acid groups (broad SMARTS) is 1. The zero-order chi connectivity index (χ0) is 24.8. The molecule has 0 spiro atoms. The summed E-state index contributed by atoms with van der Waals surface area (Å²) in [5.41, 5.74) is 1.78. The molecule has 2 aromatic carbocycles. The molecule has 11 heteroatoms. The lowest BCUT2D eigenvalue weighted by Crippen LogP contribution is -2.58. The van der Waals surface area contributed by atoms with E-state index in [1.165, 1.54) is 28.6 Å². The van der Waals surface area contributed by atoms with Crippen LogP contribution in [0.25, 0.3) is 0 Å². The van der Waals surface area contributed by atoms with Crippen molar-refractivity contribution >= 4 is 21.7 Å². The average Bonchev–Trinajstić information content (AvgIpc) is 3.16. The number of piperazine rings is 1. The first-order valence-electron chi connectivity index (χ1n) is 10.8. The van der Waals surface area contributed by atoms with Crippen molar-refractivity contribution in [1.29, 1.82) is 0 Å². The second-order valence-corrected chi connectivity index (χ2v) is 10.6. The molecule has 7 nitrogen and oxygen atoms in total. The predicted octanol–water partition coefficient (Wildman–Crippen LogP) is 3.67. The predicted molar refractivity (Wildman–Crippen MR) is 118 cm³/mol. The third-order valence-electron chi connectivity index (χ3n) is 6.31. The number of aliphatic carboxylic acids is 1. The number of halogens is 3. The minimum absolute atomic E-state index is 0.126. The molecule has 1 N–H and O–H groups in total. The lowest BCUT2D eigenvalue weighted by Gasteiger charge is -2.44. The molecule has 0 radical (unpaired) electrons. The van der Waals surface area contributed by atoms with Gasteiger partial charge in [-0.25, -0.2) is 8.42 Å². The molecule has 1 heterocycles. The summed E-state index contributed by atoms with van der Waals surface area (Å²) >= 11 is 0. The topological polar surface area (TPSA) is 87.2 Å². The Hall–Kier alpha value is -2.79. The summed E-state index contributed by atoms with van der Waals surface area (Å²) in [6, 6.07) is 9.57. The van der Waals surface area contributed by atoms with Crippen LogP contribution in [-0.2, 0) is 27.7 Å². The fourth-order valence-corrected chi connectivity index (χ4v) is 7.10. The molecule has 1 fully saturated rings. The smallest absolute Gasteiger partial charge is 0.481 e. The fourth-order valence-electron chi connectivity index (χ4n) is 5.02. The Labute approximate surface area is 195 Å². The molecule has 0 amide bonds. The van der Waals surface area contributed by atoms with Crippen LogP contribution in [0.5, 0.6) is 5.75 Å². The minimum Gasteiger partial charge on any atom is -0.481 e. The van der Waals surface area contributed by atoms with Crippen molar-refractivity contribution in [2.75, 3.05) is 18.0 Å².